The number of carbonyl (C=O) groups is 1. The summed E-state index contributed by atoms with van der Waals surface area (Å²) in [5.41, 5.74) is 0. The fraction of sp³-hybridized carbons (Fsp3) is 0.692. The maximum Gasteiger partial charge on any atom is 0.225 e. The molecule has 5 nitrogen and oxygen atoms in total. The molecule has 2 rings (SSSR count). The van der Waals surface area contributed by atoms with E-state index >= 15 is 0 Å². The van der Waals surface area contributed by atoms with Gasteiger partial charge in [-0.15, -0.1) is 0 Å². The molecule has 100 valence electrons. The summed E-state index contributed by atoms with van der Waals surface area (Å²) in [6, 6.07) is 0.492. The highest BCUT2D eigenvalue weighted by Crippen LogP contribution is 2.13. The molecule has 0 radical (unpaired) electrons. The SMILES string of the molecule is CC(C)C(=O)N1CCC(NCc2ncc[nH]2)CC1. The molecule has 2 heterocycles. The Hall–Kier alpha value is -1.36. The smallest absolute Gasteiger partial charge is 0.225 e. The van der Waals surface area contributed by atoms with Crippen LogP contribution in [-0.4, -0.2) is 39.9 Å². The Morgan fingerprint density at radius 3 is 2.83 bits per heavy atom. The van der Waals surface area contributed by atoms with Gasteiger partial charge in [-0.05, 0) is 12.8 Å². The average molecular weight is 250 g/mol. The van der Waals surface area contributed by atoms with Crippen LogP contribution >= 0.6 is 0 Å². The molecule has 0 unspecified atom stereocenters. The van der Waals surface area contributed by atoms with Crippen molar-refractivity contribution in [1.82, 2.24) is 20.2 Å². The van der Waals surface area contributed by atoms with Crippen LogP contribution in [0.2, 0.25) is 0 Å². The van der Waals surface area contributed by atoms with E-state index in [2.05, 4.69) is 15.3 Å². The molecule has 1 aromatic heterocycles. The molecule has 2 N–H and O–H groups in total. The number of carbonyl (C=O) groups excluding carboxylic acids is 1. The first-order valence-electron chi connectivity index (χ1n) is 6.67. The molecule has 1 saturated heterocycles. The van der Waals surface area contributed by atoms with Gasteiger partial charge >= 0.3 is 0 Å². The van der Waals surface area contributed by atoms with Crippen molar-refractivity contribution in [2.75, 3.05) is 13.1 Å². The van der Waals surface area contributed by atoms with Gasteiger partial charge in [0.05, 0.1) is 6.54 Å². The summed E-state index contributed by atoms with van der Waals surface area (Å²) in [7, 11) is 0. The van der Waals surface area contributed by atoms with Gasteiger partial charge in [0.25, 0.3) is 0 Å². The highest BCUT2D eigenvalue weighted by atomic mass is 16.2. The number of amides is 1. The number of rotatable bonds is 4. The second kappa shape index (κ2) is 6.00. The predicted molar refractivity (Wildman–Crippen MR) is 69.9 cm³/mol. The van der Waals surface area contributed by atoms with E-state index in [9.17, 15) is 4.79 Å². The number of nitrogens with one attached hydrogen (secondary N) is 2. The molecule has 0 aliphatic carbocycles. The van der Waals surface area contributed by atoms with Crippen molar-refractivity contribution in [3.05, 3.63) is 18.2 Å². The zero-order chi connectivity index (χ0) is 13.0. The number of hydrogen-bond acceptors (Lipinski definition) is 3. The Bertz CT molecular complexity index is 366. The van der Waals surface area contributed by atoms with E-state index in [0.29, 0.717) is 6.04 Å². The van der Waals surface area contributed by atoms with Gasteiger partial charge in [0.2, 0.25) is 5.91 Å². The van der Waals surface area contributed by atoms with E-state index in [4.69, 9.17) is 0 Å². The molecule has 0 spiro atoms. The van der Waals surface area contributed by atoms with E-state index in [1.54, 1.807) is 6.20 Å². The van der Waals surface area contributed by atoms with Gasteiger partial charge in [-0.25, -0.2) is 4.98 Å². The maximum atomic E-state index is 11.8. The summed E-state index contributed by atoms with van der Waals surface area (Å²) in [6.45, 7) is 6.43. The van der Waals surface area contributed by atoms with Crippen molar-refractivity contribution in [3.8, 4) is 0 Å². The second-order valence-corrected chi connectivity index (χ2v) is 5.17. The number of H-pyrrole nitrogens is 1. The summed E-state index contributed by atoms with van der Waals surface area (Å²) < 4.78 is 0. The quantitative estimate of drug-likeness (QED) is 0.842. The van der Waals surface area contributed by atoms with Gasteiger partial charge in [-0.1, -0.05) is 13.8 Å². The van der Waals surface area contributed by atoms with Gasteiger partial charge in [0, 0.05) is 37.4 Å². The van der Waals surface area contributed by atoms with Gasteiger partial charge in [-0.2, -0.15) is 0 Å². The number of nitrogens with zero attached hydrogens (tertiary/aromatic N) is 2. The normalized spacial score (nSPS) is 17.4. The zero-order valence-electron chi connectivity index (χ0n) is 11.1. The van der Waals surface area contributed by atoms with Crippen LogP contribution in [0, 0.1) is 5.92 Å². The number of aromatic amines is 1. The van der Waals surface area contributed by atoms with Crippen LogP contribution in [-0.2, 0) is 11.3 Å². The van der Waals surface area contributed by atoms with Gasteiger partial charge in [0.1, 0.15) is 5.82 Å². The van der Waals surface area contributed by atoms with Crippen molar-refractivity contribution >= 4 is 5.91 Å². The summed E-state index contributed by atoms with van der Waals surface area (Å²) in [5, 5.41) is 3.48. The van der Waals surface area contributed by atoms with Crippen molar-refractivity contribution in [3.63, 3.8) is 0 Å². The fourth-order valence-corrected chi connectivity index (χ4v) is 2.30. The van der Waals surface area contributed by atoms with Crippen LogP contribution in [0.1, 0.15) is 32.5 Å². The Kier molecular flexibility index (Phi) is 4.36. The van der Waals surface area contributed by atoms with Gasteiger partial charge in [-0.3, -0.25) is 4.79 Å². The van der Waals surface area contributed by atoms with E-state index in [0.717, 1.165) is 38.3 Å². The molecule has 18 heavy (non-hydrogen) atoms. The van der Waals surface area contributed by atoms with Gasteiger partial charge in [0.15, 0.2) is 0 Å². The lowest BCUT2D eigenvalue weighted by molar-refractivity contribution is -0.135. The average Bonchev–Trinajstić information content (AvgIpc) is 2.89. The van der Waals surface area contributed by atoms with Crippen molar-refractivity contribution in [2.24, 2.45) is 5.92 Å². The molecule has 0 atom stereocenters. The van der Waals surface area contributed by atoms with E-state index in [-0.39, 0.29) is 11.8 Å². The Labute approximate surface area is 108 Å². The van der Waals surface area contributed by atoms with Crippen LogP contribution in [0.15, 0.2) is 12.4 Å². The van der Waals surface area contributed by atoms with Crippen LogP contribution < -0.4 is 5.32 Å². The summed E-state index contributed by atoms with van der Waals surface area (Å²) in [4.78, 5) is 21.1. The molecule has 0 saturated carbocycles. The van der Waals surface area contributed by atoms with Crippen molar-refractivity contribution in [2.45, 2.75) is 39.3 Å². The Balaban J connectivity index is 1.72. The first-order chi connectivity index (χ1) is 8.66. The van der Waals surface area contributed by atoms with Crippen molar-refractivity contribution < 1.29 is 4.79 Å². The third-order valence-corrected chi connectivity index (χ3v) is 3.41. The molecule has 5 heteroatoms. The maximum absolute atomic E-state index is 11.8. The Morgan fingerprint density at radius 1 is 1.56 bits per heavy atom. The van der Waals surface area contributed by atoms with E-state index in [1.165, 1.54) is 0 Å². The van der Waals surface area contributed by atoms with Crippen LogP contribution in [0.25, 0.3) is 0 Å². The molecule has 0 bridgehead atoms. The first-order valence-corrected chi connectivity index (χ1v) is 6.67. The lowest BCUT2D eigenvalue weighted by atomic mass is 10.0. The summed E-state index contributed by atoms with van der Waals surface area (Å²) >= 11 is 0. The van der Waals surface area contributed by atoms with Gasteiger partial charge < -0.3 is 15.2 Å². The Morgan fingerprint density at radius 2 is 2.28 bits per heavy atom. The minimum absolute atomic E-state index is 0.109. The number of hydrogen-bond donors (Lipinski definition) is 2. The molecule has 1 aliphatic rings. The van der Waals surface area contributed by atoms with Crippen molar-refractivity contribution in [1.29, 1.82) is 0 Å². The van der Waals surface area contributed by atoms with E-state index < -0.39 is 0 Å². The standard InChI is InChI=1S/C13H22N4O/c1-10(2)13(18)17-7-3-11(4-8-17)16-9-12-14-5-6-15-12/h5-6,10-11,16H,3-4,7-9H2,1-2H3,(H,14,15). The highest BCUT2D eigenvalue weighted by molar-refractivity contribution is 5.78. The largest absolute Gasteiger partial charge is 0.348 e. The third kappa shape index (κ3) is 3.32. The monoisotopic (exact) mass is 250 g/mol. The number of imidazole rings is 1. The molecule has 1 amide bonds. The molecular formula is C13H22N4O. The first kappa shape index (κ1) is 13.1. The van der Waals surface area contributed by atoms with E-state index in [1.807, 2.05) is 24.9 Å². The molecule has 0 aromatic carbocycles. The van der Waals surface area contributed by atoms with Crippen LogP contribution in [0.4, 0.5) is 0 Å². The third-order valence-electron chi connectivity index (χ3n) is 3.41. The second-order valence-electron chi connectivity index (χ2n) is 5.17. The molecule has 1 aromatic rings. The lowest BCUT2D eigenvalue weighted by Crippen LogP contribution is -2.46. The molecular weight excluding hydrogens is 228 g/mol. The highest BCUT2D eigenvalue weighted by Gasteiger charge is 2.23. The molecule has 1 aliphatic heterocycles. The zero-order valence-corrected chi connectivity index (χ0v) is 11.1. The topological polar surface area (TPSA) is 61.0 Å². The lowest BCUT2D eigenvalue weighted by Gasteiger charge is -2.33. The predicted octanol–water partition coefficient (Wildman–Crippen LogP) is 1.15. The number of likely N-dealkylation sites (tertiary alicyclic amines) is 1. The molecule has 1 fully saturated rings. The number of aromatic nitrogens is 2. The van der Waals surface area contributed by atoms with Crippen LogP contribution in [0.3, 0.4) is 0 Å². The number of piperidine rings is 1. The minimum atomic E-state index is 0.109. The minimum Gasteiger partial charge on any atom is -0.348 e. The summed E-state index contributed by atoms with van der Waals surface area (Å²) in [6.07, 6.45) is 5.65. The summed E-state index contributed by atoms with van der Waals surface area (Å²) in [5.74, 6) is 1.35. The van der Waals surface area contributed by atoms with Crippen LogP contribution in [0.5, 0.6) is 0 Å². The fourth-order valence-electron chi connectivity index (χ4n) is 2.30.